The van der Waals surface area contributed by atoms with Gasteiger partial charge in [-0.2, -0.15) is 0 Å². The van der Waals surface area contributed by atoms with E-state index in [1.54, 1.807) is 0 Å². The molecule has 0 aromatic heterocycles. The first kappa shape index (κ1) is 28.1. The van der Waals surface area contributed by atoms with E-state index in [-0.39, 0.29) is 17.9 Å². The fourth-order valence-corrected chi connectivity index (χ4v) is 2.67. The van der Waals surface area contributed by atoms with E-state index in [2.05, 4.69) is 34.9 Å². The number of rotatable bonds is 6. The first-order valence-electron chi connectivity index (χ1n) is 8.73. The van der Waals surface area contributed by atoms with Gasteiger partial charge in [0, 0.05) is 0 Å². The van der Waals surface area contributed by atoms with Gasteiger partial charge in [0.15, 0.2) is 0 Å². The van der Waals surface area contributed by atoms with Crippen LogP contribution in [0, 0.1) is 0 Å². The third kappa shape index (κ3) is 11.5. The molecule has 2 rings (SSSR count). The maximum Gasteiger partial charge on any atom is 0.573 e. The zero-order valence-electron chi connectivity index (χ0n) is 17.0. The Morgan fingerprint density at radius 2 is 1.36 bits per heavy atom. The lowest BCUT2D eigenvalue weighted by molar-refractivity contribution is -0.275. The number of halogens is 7. The Morgan fingerprint density at radius 1 is 0.848 bits per heavy atom. The molecule has 1 unspecified atom stereocenters. The highest BCUT2D eigenvalue weighted by Gasteiger charge is 2.32. The van der Waals surface area contributed by atoms with Crippen molar-refractivity contribution in [3.8, 4) is 11.5 Å². The van der Waals surface area contributed by atoms with E-state index in [9.17, 15) is 35.9 Å². The minimum atomic E-state index is -4.76. The molecule has 13 heteroatoms. The topological polar surface area (TPSA) is 71.1 Å². The maximum atomic E-state index is 12.0. The van der Waals surface area contributed by atoms with Crippen LogP contribution in [0.5, 0.6) is 11.5 Å². The Hall–Kier alpha value is -2.96. The van der Waals surface area contributed by atoms with Crippen LogP contribution in [0.2, 0.25) is 0 Å². The maximum absolute atomic E-state index is 12.0. The molecule has 0 aliphatic rings. The van der Waals surface area contributed by atoms with E-state index < -0.39 is 29.5 Å². The highest BCUT2D eigenvalue weighted by atomic mass is 79.9. The molecule has 182 valence electrons. The molecule has 0 radical (unpaired) electrons. The average Bonchev–Trinajstić information content (AvgIpc) is 2.71. The number of ether oxygens (including phenoxy) is 4. The molecule has 0 saturated carbocycles. The van der Waals surface area contributed by atoms with Gasteiger partial charge in [0.2, 0.25) is 0 Å². The second kappa shape index (κ2) is 12.3. The van der Waals surface area contributed by atoms with Crippen molar-refractivity contribution < 1.29 is 54.9 Å². The number of alkyl halides is 7. The minimum Gasteiger partial charge on any atom is -0.469 e. The molecule has 1 atom stereocenters. The highest BCUT2D eigenvalue weighted by Crippen LogP contribution is 2.29. The van der Waals surface area contributed by atoms with E-state index in [1.165, 1.54) is 38.5 Å². The molecule has 0 bridgehead atoms. The SMILES string of the molecule is COC(=O)C(Br)c1cccc(OC(F)(F)F)c1.COC(=O)Cc1cccc(OC(F)(F)F)c1. The first-order valence-corrected chi connectivity index (χ1v) is 9.64. The van der Waals surface area contributed by atoms with Crippen LogP contribution in [-0.4, -0.2) is 38.9 Å². The molecule has 0 N–H and O–H groups in total. The summed E-state index contributed by atoms with van der Waals surface area (Å²) in [6.07, 6.45) is -9.58. The van der Waals surface area contributed by atoms with E-state index in [1.807, 2.05) is 0 Å². The lowest BCUT2D eigenvalue weighted by Crippen LogP contribution is -2.17. The van der Waals surface area contributed by atoms with Gasteiger partial charge in [0.1, 0.15) is 16.3 Å². The number of carbonyl (C=O) groups is 2. The third-order valence-corrected chi connectivity index (χ3v) is 4.40. The number of esters is 2. The van der Waals surface area contributed by atoms with E-state index in [4.69, 9.17) is 0 Å². The summed E-state index contributed by atoms with van der Waals surface area (Å²) in [7, 11) is 2.39. The zero-order valence-corrected chi connectivity index (χ0v) is 18.6. The summed E-state index contributed by atoms with van der Waals surface area (Å²) in [4.78, 5) is 21.2. The monoisotopic (exact) mass is 546 g/mol. The fraction of sp³-hybridized carbons (Fsp3) is 0.300. The van der Waals surface area contributed by atoms with Crippen molar-refractivity contribution >= 4 is 27.9 Å². The predicted molar refractivity (Wildman–Crippen MR) is 106 cm³/mol. The second-order valence-electron chi connectivity index (χ2n) is 5.95. The molecule has 0 heterocycles. The molecule has 33 heavy (non-hydrogen) atoms. The fourth-order valence-electron chi connectivity index (χ4n) is 2.20. The second-order valence-corrected chi connectivity index (χ2v) is 6.87. The van der Waals surface area contributed by atoms with Crippen LogP contribution in [-0.2, 0) is 25.5 Å². The molecule has 0 fully saturated rings. The van der Waals surface area contributed by atoms with Gasteiger partial charge < -0.3 is 18.9 Å². The van der Waals surface area contributed by atoms with Crippen molar-refractivity contribution in [3.63, 3.8) is 0 Å². The summed E-state index contributed by atoms with van der Waals surface area (Å²) in [5, 5.41) is 0. The van der Waals surface area contributed by atoms with Gasteiger partial charge in [-0.1, -0.05) is 40.2 Å². The Kier molecular flexibility index (Phi) is 10.5. The third-order valence-electron chi connectivity index (χ3n) is 3.50. The normalized spacial score (nSPS) is 12.0. The van der Waals surface area contributed by atoms with E-state index in [0.29, 0.717) is 11.1 Å². The molecule has 6 nitrogen and oxygen atoms in total. The molecular weight excluding hydrogens is 530 g/mol. The van der Waals surface area contributed by atoms with Gasteiger partial charge in [-0.15, -0.1) is 26.3 Å². The van der Waals surface area contributed by atoms with Crippen LogP contribution < -0.4 is 9.47 Å². The minimum absolute atomic E-state index is 0.0917. The standard InChI is InChI=1S/C10H8BrF3O3.C10H9F3O3/c1-16-9(15)8(11)6-3-2-4-7(5-6)17-10(12,13)14;1-15-9(14)6-7-3-2-4-8(5-7)16-10(11,12)13/h2-5,8H,1H3;2-5H,6H2,1H3. The summed E-state index contributed by atoms with van der Waals surface area (Å²) in [5.74, 6) is -1.87. The van der Waals surface area contributed by atoms with E-state index in [0.717, 1.165) is 24.3 Å². The summed E-state index contributed by atoms with van der Waals surface area (Å²) in [6.45, 7) is 0. The lowest BCUT2D eigenvalue weighted by atomic mass is 10.1. The van der Waals surface area contributed by atoms with Gasteiger partial charge in [-0.05, 0) is 35.4 Å². The van der Waals surface area contributed by atoms with Crippen molar-refractivity contribution in [2.24, 2.45) is 0 Å². The van der Waals surface area contributed by atoms with Crippen LogP contribution in [0.25, 0.3) is 0 Å². The number of hydrogen-bond acceptors (Lipinski definition) is 6. The van der Waals surface area contributed by atoms with Gasteiger partial charge in [0.25, 0.3) is 0 Å². The summed E-state index contributed by atoms with van der Waals surface area (Å²) >= 11 is 3.01. The summed E-state index contributed by atoms with van der Waals surface area (Å²) in [5.41, 5.74) is 0.715. The number of carbonyl (C=O) groups excluding carboxylic acids is 2. The van der Waals surface area contributed by atoms with Crippen molar-refractivity contribution in [3.05, 3.63) is 59.7 Å². The Labute approximate surface area is 192 Å². The molecule has 0 spiro atoms. The first-order chi connectivity index (χ1) is 15.2. The zero-order chi connectivity index (χ0) is 25.2. The van der Waals surface area contributed by atoms with Crippen molar-refractivity contribution in [1.82, 2.24) is 0 Å². The van der Waals surface area contributed by atoms with Gasteiger partial charge >= 0.3 is 24.7 Å². The molecule has 0 aliphatic carbocycles. The summed E-state index contributed by atoms with van der Waals surface area (Å²) < 4.78 is 87.9. The Balaban J connectivity index is 0.000000331. The lowest BCUT2D eigenvalue weighted by Gasteiger charge is -2.12. The quantitative estimate of drug-likeness (QED) is 0.271. The number of methoxy groups -OCH3 is 2. The smallest absolute Gasteiger partial charge is 0.469 e. The molecule has 0 aliphatic heterocycles. The van der Waals surface area contributed by atoms with Gasteiger partial charge in [-0.3, -0.25) is 9.59 Å². The number of hydrogen-bond donors (Lipinski definition) is 0. The van der Waals surface area contributed by atoms with Crippen LogP contribution in [0.4, 0.5) is 26.3 Å². The Morgan fingerprint density at radius 3 is 1.85 bits per heavy atom. The Bertz CT molecular complexity index is 932. The average molecular weight is 547 g/mol. The van der Waals surface area contributed by atoms with Crippen LogP contribution in [0.1, 0.15) is 16.0 Å². The largest absolute Gasteiger partial charge is 0.573 e. The summed E-state index contributed by atoms with van der Waals surface area (Å²) in [6, 6.07) is 10.3. The van der Waals surface area contributed by atoms with Crippen LogP contribution in [0.15, 0.2) is 48.5 Å². The van der Waals surface area contributed by atoms with Crippen molar-refractivity contribution in [2.75, 3.05) is 14.2 Å². The molecular formula is C20H17BrF6O6. The molecule has 2 aromatic rings. The van der Waals surface area contributed by atoms with Crippen molar-refractivity contribution in [2.45, 2.75) is 24.0 Å². The molecule has 0 saturated heterocycles. The number of benzene rings is 2. The molecule has 0 amide bonds. The van der Waals surface area contributed by atoms with Gasteiger partial charge in [0.05, 0.1) is 20.6 Å². The van der Waals surface area contributed by atoms with E-state index >= 15 is 0 Å². The predicted octanol–water partition coefficient (Wildman–Crippen LogP) is 5.49. The van der Waals surface area contributed by atoms with Crippen LogP contribution in [0.3, 0.4) is 0 Å². The molecule has 2 aromatic carbocycles. The highest BCUT2D eigenvalue weighted by molar-refractivity contribution is 9.09. The van der Waals surface area contributed by atoms with Crippen LogP contribution >= 0.6 is 15.9 Å². The van der Waals surface area contributed by atoms with Gasteiger partial charge in [-0.25, -0.2) is 0 Å². The van der Waals surface area contributed by atoms with Crippen molar-refractivity contribution in [1.29, 1.82) is 0 Å².